The first-order chi connectivity index (χ1) is 11.3. The van der Waals surface area contributed by atoms with Gasteiger partial charge in [0.05, 0.1) is 0 Å². The van der Waals surface area contributed by atoms with Crippen LogP contribution in [0.2, 0.25) is 0 Å². The van der Waals surface area contributed by atoms with Crippen molar-refractivity contribution in [2.75, 3.05) is 14.2 Å². The Bertz CT molecular complexity index is 852. The number of nitrogens with zero attached hydrogens (tertiary/aromatic N) is 3. The Morgan fingerprint density at radius 3 is 2.96 bits per heavy atom. The van der Waals surface area contributed by atoms with Crippen molar-refractivity contribution >= 4 is 11.0 Å². The maximum Gasteiger partial charge on any atom is 0.149 e. The minimum absolute atomic E-state index is 0.0543. The van der Waals surface area contributed by atoms with Crippen molar-refractivity contribution in [2.24, 2.45) is 0 Å². The molecule has 3 aromatic heterocycles. The van der Waals surface area contributed by atoms with Crippen molar-refractivity contribution in [3.8, 4) is 11.1 Å². The van der Waals surface area contributed by atoms with E-state index < -0.39 is 0 Å². The van der Waals surface area contributed by atoms with Gasteiger partial charge in [0.25, 0.3) is 0 Å². The zero-order valence-electron chi connectivity index (χ0n) is 13.5. The second-order valence-corrected chi connectivity index (χ2v) is 5.83. The molecule has 1 aliphatic rings. The molecule has 4 rings (SSSR count). The number of methoxy groups -OCH3 is 2. The Hall–Kier alpha value is -2.18. The lowest BCUT2D eigenvalue weighted by atomic mass is 9.90. The van der Waals surface area contributed by atoms with Gasteiger partial charge in [-0.05, 0) is 18.1 Å². The molecule has 0 radical (unpaired) electrons. The van der Waals surface area contributed by atoms with E-state index in [1.807, 2.05) is 23.1 Å². The highest BCUT2D eigenvalue weighted by Gasteiger charge is 2.32. The molecule has 0 aliphatic heterocycles. The molecule has 120 valence electrons. The summed E-state index contributed by atoms with van der Waals surface area (Å²) in [4.78, 5) is 7.64. The highest BCUT2D eigenvalue weighted by molar-refractivity contribution is 5.98. The van der Waals surface area contributed by atoms with Gasteiger partial charge in [0, 0.05) is 49.3 Å². The summed E-state index contributed by atoms with van der Waals surface area (Å²) in [5.41, 5.74) is 5.15. The molecule has 0 spiro atoms. The summed E-state index contributed by atoms with van der Waals surface area (Å²) in [5, 5.41) is 5.91. The van der Waals surface area contributed by atoms with Crippen molar-refractivity contribution in [1.29, 1.82) is 0 Å². The minimum Gasteiger partial charge on any atom is -0.370 e. The number of ether oxygens (including phenoxy) is 2. The number of nitrogens with one attached hydrogen (secondary N) is 1. The molecule has 2 atom stereocenters. The van der Waals surface area contributed by atoms with E-state index in [4.69, 9.17) is 14.6 Å². The number of H-pyrrole nitrogens is 1. The van der Waals surface area contributed by atoms with Crippen LogP contribution in [0.25, 0.3) is 22.2 Å². The van der Waals surface area contributed by atoms with Crippen molar-refractivity contribution in [3.63, 3.8) is 0 Å². The van der Waals surface area contributed by atoms with Crippen LogP contribution in [0, 0.1) is 0 Å². The molecule has 23 heavy (non-hydrogen) atoms. The molecule has 6 nitrogen and oxygen atoms in total. The first-order valence-electron chi connectivity index (χ1n) is 7.89. The lowest BCUT2D eigenvalue weighted by Crippen LogP contribution is -2.13. The molecular weight excluding hydrogens is 292 g/mol. The predicted molar refractivity (Wildman–Crippen MR) is 87.1 cm³/mol. The highest BCUT2D eigenvalue weighted by Crippen LogP contribution is 2.44. The molecule has 1 N–H and O–H groups in total. The number of aromatic nitrogens is 4. The van der Waals surface area contributed by atoms with Gasteiger partial charge in [-0.1, -0.05) is 13.3 Å². The molecule has 3 heterocycles. The Morgan fingerprint density at radius 1 is 1.35 bits per heavy atom. The third-order valence-corrected chi connectivity index (χ3v) is 4.52. The molecule has 0 aromatic carbocycles. The molecule has 1 aliphatic carbocycles. The van der Waals surface area contributed by atoms with E-state index in [-0.39, 0.29) is 12.3 Å². The van der Waals surface area contributed by atoms with Crippen molar-refractivity contribution in [3.05, 3.63) is 35.9 Å². The smallest absolute Gasteiger partial charge is 0.149 e. The van der Waals surface area contributed by atoms with Crippen molar-refractivity contribution in [2.45, 2.75) is 32.1 Å². The normalized spacial score (nSPS) is 17.4. The van der Waals surface area contributed by atoms with Crippen LogP contribution in [0.4, 0.5) is 0 Å². The zero-order chi connectivity index (χ0) is 16.0. The van der Waals surface area contributed by atoms with Gasteiger partial charge in [-0.3, -0.25) is 0 Å². The number of aromatic amines is 1. The van der Waals surface area contributed by atoms with E-state index in [1.54, 1.807) is 14.2 Å². The van der Waals surface area contributed by atoms with Crippen LogP contribution in [-0.2, 0) is 9.47 Å². The number of rotatable bonds is 5. The van der Waals surface area contributed by atoms with Crippen LogP contribution < -0.4 is 0 Å². The van der Waals surface area contributed by atoms with E-state index in [1.165, 1.54) is 0 Å². The van der Waals surface area contributed by atoms with Crippen molar-refractivity contribution in [1.82, 2.24) is 19.7 Å². The summed E-state index contributed by atoms with van der Waals surface area (Å²) < 4.78 is 13.3. The molecular formula is C17H20N4O2. The van der Waals surface area contributed by atoms with E-state index in [2.05, 4.69) is 23.1 Å². The van der Waals surface area contributed by atoms with Crippen LogP contribution in [0.3, 0.4) is 0 Å². The Labute approximate surface area is 134 Å². The Balaban J connectivity index is 1.92. The van der Waals surface area contributed by atoms with E-state index in [0.29, 0.717) is 0 Å². The minimum atomic E-state index is -0.184. The van der Waals surface area contributed by atoms with Gasteiger partial charge in [-0.2, -0.15) is 5.10 Å². The molecule has 0 saturated carbocycles. The summed E-state index contributed by atoms with van der Waals surface area (Å²) in [5.74, 6) is 0. The average molecular weight is 312 g/mol. The van der Waals surface area contributed by atoms with E-state index >= 15 is 0 Å². The highest BCUT2D eigenvalue weighted by atomic mass is 16.5. The fourth-order valence-electron chi connectivity index (χ4n) is 3.46. The predicted octanol–water partition coefficient (Wildman–Crippen LogP) is 3.42. The zero-order valence-corrected chi connectivity index (χ0v) is 13.5. The van der Waals surface area contributed by atoms with Crippen LogP contribution in [0.15, 0.2) is 24.7 Å². The lowest BCUT2D eigenvalue weighted by molar-refractivity contribution is 0.0251. The Kier molecular flexibility index (Phi) is 3.43. The SMILES string of the molecule is CCCC(OC)n1cc2c(n1)C(OC)c1c[nH]c3nccc-2c13. The van der Waals surface area contributed by atoms with Gasteiger partial charge < -0.3 is 14.5 Å². The summed E-state index contributed by atoms with van der Waals surface area (Å²) in [6, 6.07) is 2.04. The number of fused-ring (bicyclic) bond motifs is 2. The van der Waals surface area contributed by atoms with Gasteiger partial charge in [-0.15, -0.1) is 0 Å². The molecule has 3 aromatic rings. The maximum absolute atomic E-state index is 5.75. The van der Waals surface area contributed by atoms with Crippen LogP contribution in [0.5, 0.6) is 0 Å². The fraction of sp³-hybridized carbons (Fsp3) is 0.412. The van der Waals surface area contributed by atoms with Gasteiger partial charge >= 0.3 is 0 Å². The number of hydrogen-bond acceptors (Lipinski definition) is 4. The van der Waals surface area contributed by atoms with E-state index in [9.17, 15) is 0 Å². The third kappa shape index (κ3) is 2.02. The van der Waals surface area contributed by atoms with Crippen LogP contribution in [0.1, 0.15) is 43.4 Å². The average Bonchev–Trinajstić information content (AvgIpc) is 3.19. The van der Waals surface area contributed by atoms with E-state index in [0.717, 1.165) is 46.3 Å². The topological polar surface area (TPSA) is 65.0 Å². The van der Waals surface area contributed by atoms with Gasteiger partial charge in [0.15, 0.2) is 0 Å². The van der Waals surface area contributed by atoms with Gasteiger partial charge in [-0.25, -0.2) is 9.67 Å². The molecule has 0 bridgehead atoms. The molecule has 2 unspecified atom stereocenters. The summed E-state index contributed by atoms with van der Waals surface area (Å²) in [6.45, 7) is 2.14. The first-order valence-corrected chi connectivity index (χ1v) is 7.89. The monoisotopic (exact) mass is 312 g/mol. The second-order valence-electron chi connectivity index (χ2n) is 5.83. The third-order valence-electron chi connectivity index (χ3n) is 4.52. The maximum atomic E-state index is 5.75. The molecule has 6 heteroatoms. The lowest BCUT2D eigenvalue weighted by Gasteiger charge is -2.20. The summed E-state index contributed by atoms with van der Waals surface area (Å²) in [6.07, 6.45) is 7.58. The first kappa shape index (κ1) is 14.4. The van der Waals surface area contributed by atoms with Crippen molar-refractivity contribution < 1.29 is 9.47 Å². The Morgan fingerprint density at radius 2 is 2.22 bits per heavy atom. The summed E-state index contributed by atoms with van der Waals surface area (Å²) in [7, 11) is 3.44. The quantitative estimate of drug-likeness (QED) is 0.784. The number of hydrogen-bond donors (Lipinski definition) is 1. The number of pyridine rings is 1. The summed E-state index contributed by atoms with van der Waals surface area (Å²) >= 11 is 0. The molecule has 0 amide bonds. The van der Waals surface area contributed by atoms with Gasteiger partial charge in [0.1, 0.15) is 23.7 Å². The van der Waals surface area contributed by atoms with Crippen LogP contribution >= 0.6 is 0 Å². The molecule has 0 fully saturated rings. The second kappa shape index (κ2) is 5.47. The van der Waals surface area contributed by atoms with Gasteiger partial charge in [0.2, 0.25) is 0 Å². The standard InChI is InChI=1S/C17H20N4O2/c1-4-5-13(22-2)21-9-12-10-6-7-18-17-14(10)11(8-19-17)16(23-3)15(12)20-21/h6-9,13,16H,4-5H2,1-3H3,(H,18,19). The molecule has 0 saturated heterocycles. The fourth-order valence-corrected chi connectivity index (χ4v) is 3.46. The van der Waals surface area contributed by atoms with Crippen LogP contribution in [-0.4, -0.2) is 34.0 Å². The largest absolute Gasteiger partial charge is 0.370 e.